The van der Waals surface area contributed by atoms with E-state index in [1.165, 1.54) is 6.08 Å². The lowest BCUT2D eigenvalue weighted by atomic mass is 10.1. The largest absolute Gasteiger partial charge is 0.478 e. The average molecular weight is 279 g/mol. The van der Waals surface area contributed by atoms with E-state index in [9.17, 15) is 13.6 Å². The first kappa shape index (κ1) is 14.2. The Hall–Kier alpha value is -2.17. The SMILES string of the molecule is CC1=CCCN(c2c(F)cc(/C=C/C(=O)O)cc2F)C1. The van der Waals surface area contributed by atoms with Crippen LogP contribution in [0.15, 0.2) is 29.9 Å². The standard InChI is InChI=1S/C15H15F2NO2/c1-10-3-2-6-18(9-10)15-12(16)7-11(8-13(15)17)4-5-14(19)20/h3-5,7-8H,2,6,9H2,1H3,(H,19,20)/b5-4+. The molecule has 3 nitrogen and oxygen atoms in total. The summed E-state index contributed by atoms with van der Waals surface area (Å²) in [4.78, 5) is 12.1. The molecule has 0 aliphatic carbocycles. The number of carboxylic acid groups (broad SMARTS) is 1. The molecule has 0 bridgehead atoms. The molecule has 1 aromatic carbocycles. The van der Waals surface area contributed by atoms with Crippen molar-refractivity contribution in [3.8, 4) is 0 Å². The molecule has 0 saturated carbocycles. The van der Waals surface area contributed by atoms with E-state index in [0.717, 1.165) is 30.2 Å². The topological polar surface area (TPSA) is 40.5 Å². The lowest BCUT2D eigenvalue weighted by Crippen LogP contribution is -2.30. The molecule has 1 heterocycles. The minimum Gasteiger partial charge on any atom is -0.478 e. The second kappa shape index (κ2) is 5.86. The van der Waals surface area contributed by atoms with Crippen molar-refractivity contribution in [3.05, 3.63) is 47.1 Å². The van der Waals surface area contributed by atoms with E-state index in [2.05, 4.69) is 6.08 Å². The van der Waals surface area contributed by atoms with Gasteiger partial charge in [-0.15, -0.1) is 0 Å². The molecular formula is C15H15F2NO2. The number of carbonyl (C=O) groups is 1. The lowest BCUT2D eigenvalue weighted by molar-refractivity contribution is -0.131. The number of rotatable bonds is 3. The van der Waals surface area contributed by atoms with E-state index in [1.54, 1.807) is 4.90 Å². The first-order chi connectivity index (χ1) is 9.47. The molecule has 0 fully saturated rings. The predicted octanol–water partition coefficient (Wildman–Crippen LogP) is 3.22. The fourth-order valence-electron chi connectivity index (χ4n) is 2.25. The summed E-state index contributed by atoms with van der Waals surface area (Å²) in [6.45, 7) is 2.99. The fourth-order valence-corrected chi connectivity index (χ4v) is 2.25. The maximum absolute atomic E-state index is 14.1. The van der Waals surface area contributed by atoms with Crippen LogP contribution >= 0.6 is 0 Å². The molecule has 0 aromatic heterocycles. The Kier molecular flexibility index (Phi) is 4.17. The average Bonchev–Trinajstić information content (AvgIpc) is 2.35. The molecule has 0 atom stereocenters. The summed E-state index contributed by atoms with van der Waals surface area (Å²) in [6.07, 6.45) is 4.82. The van der Waals surface area contributed by atoms with Crippen LogP contribution in [0.25, 0.3) is 6.08 Å². The maximum Gasteiger partial charge on any atom is 0.328 e. The molecule has 106 valence electrons. The van der Waals surface area contributed by atoms with E-state index in [0.29, 0.717) is 13.1 Å². The third-order valence-electron chi connectivity index (χ3n) is 3.11. The van der Waals surface area contributed by atoms with Crippen molar-refractivity contribution in [1.29, 1.82) is 0 Å². The summed E-state index contributed by atoms with van der Waals surface area (Å²) in [7, 11) is 0. The summed E-state index contributed by atoms with van der Waals surface area (Å²) in [5, 5.41) is 8.51. The van der Waals surface area contributed by atoms with E-state index in [1.807, 2.05) is 6.92 Å². The number of benzene rings is 1. The van der Waals surface area contributed by atoms with Gasteiger partial charge >= 0.3 is 5.97 Å². The number of anilines is 1. The lowest BCUT2D eigenvalue weighted by Gasteiger charge is -2.29. The maximum atomic E-state index is 14.1. The number of carboxylic acids is 1. The van der Waals surface area contributed by atoms with Crippen LogP contribution in [0.3, 0.4) is 0 Å². The van der Waals surface area contributed by atoms with Gasteiger partial charge in [0.15, 0.2) is 0 Å². The first-order valence-electron chi connectivity index (χ1n) is 6.28. The summed E-state index contributed by atoms with van der Waals surface area (Å²) in [5.41, 5.74) is 1.21. The predicted molar refractivity (Wildman–Crippen MR) is 73.6 cm³/mol. The van der Waals surface area contributed by atoms with Gasteiger partial charge < -0.3 is 10.0 Å². The van der Waals surface area contributed by atoms with E-state index >= 15 is 0 Å². The van der Waals surface area contributed by atoms with Crippen molar-refractivity contribution < 1.29 is 18.7 Å². The zero-order chi connectivity index (χ0) is 14.7. The number of nitrogens with zero attached hydrogens (tertiary/aromatic N) is 1. The Morgan fingerprint density at radius 2 is 2.00 bits per heavy atom. The molecule has 0 unspecified atom stereocenters. The van der Waals surface area contributed by atoms with Gasteiger partial charge in [0.25, 0.3) is 0 Å². The van der Waals surface area contributed by atoms with E-state index < -0.39 is 17.6 Å². The second-order valence-electron chi connectivity index (χ2n) is 4.77. The van der Waals surface area contributed by atoms with Crippen molar-refractivity contribution in [3.63, 3.8) is 0 Å². The van der Waals surface area contributed by atoms with Crippen LogP contribution in [0.2, 0.25) is 0 Å². The number of hydrogen-bond donors (Lipinski definition) is 1. The second-order valence-corrected chi connectivity index (χ2v) is 4.77. The molecule has 0 saturated heterocycles. The van der Waals surface area contributed by atoms with Gasteiger partial charge in [-0.05, 0) is 37.1 Å². The van der Waals surface area contributed by atoms with Gasteiger partial charge in [0.05, 0.1) is 0 Å². The summed E-state index contributed by atoms with van der Waals surface area (Å²) in [6, 6.07) is 2.29. The quantitative estimate of drug-likeness (QED) is 0.682. The Balaban J connectivity index is 2.32. The van der Waals surface area contributed by atoms with Gasteiger partial charge in [-0.3, -0.25) is 0 Å². The molecule has 0 spiro atoms. The highest BCUT2D eigenvalue weighted by atomic mass is 19.1. The minimum atomic E-state index is -1.16. The van der Waals surface area contributed by atoms with Crippen molar-refractivity contribution in [2.24, 2.45) is 0 Å². The molecule has 1 aliphatic heterocycles. The monoisotopic (exact) mass is 279 g/mol. The van der Waals surface area contributed by atoms with E-state index in [-0.39, 0.29) is 11.3 Å². The van der Waals surface area contributed by atoms with Gasteiger partial charge in [0.1, 0.15) is 17.3 Å². The van der Waals surface area contributed by atoms with E-state index in [4.69, 9.17) is 5.11 Å². The molecule has 1 aromatic rings. The van der Waals surface area contributed by atoms with Crippen LogP contribution in [-0.2, 0) is 4.79 Å². The molecular weight excluding hydrogens is 264 g/mol. The molecule has 5 heteroatoms. The van der Waals surface area contributed by atoms with Crippen molar-refractivity contribution in [2.75, 3.05) is 18.0 Å². The van der Waals surface area contributed by atoms with Gasteiger partial charge in [-0.2, -0.15) is 0 Å². The first-order valence-corrected chi connectivity index (χ1v) is 6.28. The van der Waals surface area contributed by atoms with Gasteiger partial charge in [-0.1, -0.05) is 11.6 Å². The molecule has 1 aliphatic rings. The summed E-state index contributed by atoms with van der Waals surface area (Å²) < 4.78 is 28.1. The number of aliphatic carboxylic acids is 1. The van der Waals surface area contributed by atoms with Gasteiger partial charge in [0.2, 0.25) is 0 Å². The Bertz CT molecular complexity index is 571. The molecule has 1 N–H and O–H groups in total. The molecule has 0 radical (unpaired) electrons. The normalized spacial score (nSPS) is 15.6. The zero-order valence-corrected chi connectivity index (χ0v) is 11.1. The molecule has 0 amide bonds. The van der Waals surface area contributed by atoms with Crippen molar-refractivity contribution >= 4 is 17.7 Å². The zero-order valence-electron chi connectivity index (χ0n) is 11.1. The van der Waals surface area contributed by atoms with Crippen LogP contribution < -0.4 is 4.90 Å². The summed E-state index contributed by atoms with van der Waals surface area (Å²) in [5.74, 6) is -2.51. The van der Waals surface area contributed by atoms with Gasteiger partial charge in [0, 0.05) is 19.2 Å². The highest BCUT2D eigenvalue weighted by Crippen LogP contribution is 2.28. The summed E-state index contributed by atoms with van der Waals surface area (Å²) >= 11 is 0. The Morgan fingerprint density at radius 3 is 2.55 bits per heavy atom. The van der Waals surface area contributed by atoms with Crippen molar-refractivity contribution in [1.82, 2.24) is 0 Å². The number of hydrogen-bond acceptors (Lipinski definition) is 2. The van der Waals surface area contributed by atoms with Gasteiger partial charge in [-0.25, -0.2) is 13.6 Å². The van der Waals surface area contributed by atoms with Crippen LogP contribution in [0.1, 0.15) is 18.9 Å². The highest BCUT2D eigenvalue weighted by molar-refractivity contribution is 5.85. The van der Waals surface area contributed by atoms with Crippen LogP contribution in [0, 0.1) is 11.6 Å². The minimum absolute atomic E-state index is 0.0510. The highest BCUT2D eigenvalue weighted by Gasteiger charge is 2.19. The molecule has 2 rings (SSSR count). The van der Waals surface area contributed by atoms with Crippen LogP contribution in [0.5, 0.6) is 0 Å². The molecule has 20 heavy (non-hydrogen) atoms. The third-order valence-corrected chi connectivity index (χ3v) is 3.11. The third kappa shape index (κ3) is 3.23. The van der Waals surface area contributed by atoms with Crippen LogP contribution in [-0.4, -0.2) is 24.2 Å². The van der Waals surface area contributed by atoms with Crippen molar-refractivity contribution in [2.45, 2.75) is 13.3 Å². The fraction of sp³-hybridized carbons (Fsp3) is 0.267. The van der Waals surface area contributed by atoms with Crippen LogP contribution in [0.4, 0.5) is 14.5 Å². The Labute approximate surface area is 115 Å². The Morgan fingerprint density at radius 1 is 1.35 bits per heavy atom. The smallest absolute Gasteiger partial charge is 0.328 e. The number of halogens is 2.